The number of ketones is 1. The van der Waals surface area contributed by atoms with Crippen LogP contribution in [0, 0.1) is 29.8 Å². The van der Waals surface area contributed by atoms with Gasteiger partial charge in [0.2, 0.25) is 5.78 Å². The zero-order valence-electron chi connectivity index (χ0n) is 15.8. The topological polar surface area (TPSA) is 74.4 Å². The first-order chi connectivity index (χ1) is 13.8. The zero-order chi connectivity index (χ0) is 21.1. The number of carbonyl (C=O) groups excluding carboxylic acids is 1. The van der Waals surface area contributed by atoms with Crippen molar-refractivity contribution in [3.63, 3.8) is 0 Å². The molecule has 3 aromatic rings. The fourth-order valence-corrected chi connectivity index (χ4v) is 3.27. The van der Waals surface area contributed by atoms with Crippen LogP contribution < -0.4 is 4.74 Å². The van der Waals surface area contributed by atoms with Crippen molar-refractivity contribution in [2.75, 3.05) is 6.61 Å². The van der Waals surface area contributed by atoms with Crippen LogP contribution in [-0.2, 0) is 6.54 Å². The van der Waals surface area contributed by atoms with Gasteiger partial charge in [0, 0.05) is 35.6 Å². The molecular formula is C21H18ClFN2O4. The number of carbonyl (C=O) groups is 1. The summed E-state index contributed by atoms with van der Waals surface area (Å²) in [7, 11) is 0. The number of rotatable bonds is 7. The molecule has 3 rings (SSSR count). The first kappa shape index (κ1) is 20.5. The molecule has 0 aliphatic heterocycles. The van der Waals surface area contributed by atoms with Gasteiger partial charge in [0.05, 0.1) is 9.95 Å². The lowest BCUT2D eigenvalue weighted by Gasteiger charge is -2.10. The van der Waals surface area contributed by atoms with Crippen molar-refractivity contribution in [2.45, 2.75) is 20.4 Å². The molecule has 0 aliphatic carbocycles. The van der Waals surface area contributed by atoms with E-state index in [1.165, 1.54) is 30.3 Å². The normalized spacial score (nSPS) is 10.8. The van der Waals surface area contributed by atoms with Crippen molar-refractivity contribution >= 4 is 23.1 Å². The average Bonchev–Trinajstić information content (AvgIpc) is 2.96. The quantitative estimate of drug-likeness (QED) is 0.304. The Bertz CT molecular complexity index is 1080. The molecule has 29 heavy (non-hydrogen) atoms. The van der Waals surface area contributed by atoms with E-state index in [0.29, 0.717) is 12.1 Å². The molecule has 0 unspecified atom stereocenters. The van der Waals surface area contributed by atoms with E-state index in [0.717, 1.165) is 17.0 Å². The summed E-state index contributed by atoms with van der Waals surface area (Å²) < 4.78 is 20.5. The Hall–Kier alpha value is -3.19. The smallest absolute Gasteiger partial charge is 0.271 e. The molecule has 0 saturated heterocycles. The van der Waals surface area contributed by atoms with Gasteiger partial charge in [0.25, 0.3) is 5.69 Å². The van der Waals surface area contributed by atoms with E-state index in [1.807, 2.05) is 18.4 Å². The molecule has 0 bridgehead atoms. The van der Waals surface area contributed by atoms with Crippen molar-refractivity contribution in [3.05, 3.63) is 92.0 Å². The van der Waals surface area contributed by atoms with E-state index in [1.54, 1.807) is 18.2 Å². The summed E-state index contributed by atoms with van der Waals surface area (Å²) >= 11 is 5.99. The molecule has 0 saturated carbocycles. The monoisotopic (exact) mass is 416 g/mol. The van der Waals surface area contributed by atoms with Crippen LogP contribution in [0.4, 0.5) is 10.1 Å². The molecule has 6 nitrogen and oxygen atoms in total. The minimum atomic E-state index is -0.559. The van der Waals surface area contributed by atoms with Crippen molar-refractivity contribution in [1.29, 1.82) is 0 Å². The second-order valence-corrected chi connectivity index (χ2v) is 6.99. The molecule has 0 radical (unpaired) electrons. The van der Waals surface area contributed by atoms with Crippen LogP contribution in [0.2, 0.25) is 5.02 Å². The minimum Gasteiger partial charge on any atom is -0.484 e. The molecule has 0 N–H and O–H groups in total. The van der Waals surface area contributed by atoms with Gasteiger partial charge < -0.3 is 9.30 Å². The molecule has 1 aromatic heterocycles. The fourth-order valence-electron chi connectivity index (χ4n) is 3.04. The van der Waals surface area contributed by atoms with Crippen LogP contribution in [0.5, 0.6) is 5.75 Å². The summed E-state index contributed by atoms with van der Waals surface area (Å²) in [6, 6.07) is 11.8. The summed E-state index contributed by atoms with van der Waals surface area (Å²) in [4.78, 5) is 22.9. The zero-order valence-corrected chi connectivity index (χ0v) is 16.6. The number of non-ortho nitro benzene ring substituents is 1. The van der Waals surface area contributed by atoms with Crippen LogP contribution >= 0.6 is 11.6 Å². The maximum absolute atomic E-state index is 13.1. The third-order valence-electron chi connectivity index (χ3n) is 4.61. The maximum Gasteiger partial charge on any atom is 0.271 e. The van der Waals surface area contributed by atoms with E-state index >= 15 is 0 Å². The van der Waals surface area contributed by atoms with Gasteiger partial charge in [0.1, 0.15) is 11.6 Å². The molecule has 0 spiro atoms. The Morgan fingerprint density at radius 2 is 1.86 bits per heavy atom. The number of aryl methyl sites for hydroxylation is 1. The lowest BCUT2D eigenvalue weighted by molar-refractivity contribution is -0.384. The predicted molar refractivity (Wildman–Crippen MR) is 107 cm³/mol. The molecule has 8 heteroatoms. The number of aromatic nitrogens is 1. The number of halogens is 2. The summed E-state index contributed by atoms with van der Waals surface area (Å²) in [5, 5.41) is 10.8. The van der Waals surface area contributed by atoms with E-state index in [4.69, 9.17) is 16.3 Å². The summed E-state index contributed by atoms with van der Waals surface area (Å²) in [5.74, 6) is -0.337. The SMILES string of the molecule is Cc1cc(C(=O)COc2ccc([N+](=O)[O-])cc2Cl)c(C)n1Cc1ccc(F)cc1. The number of hydrogen-bond acceptors (Lipinski definition) is 4. The first-order valence-electron chi connectivity index (χ1n) is 8.77. The van der Waals surface area contributed by atoms with Gasteiger partial charge in [0.15, 0.2) is 6.61 Å². The Kier molecular flexibility index (Phi) is 5.98. The lowest BCUT2D eigenvalue weighted by Crippen LogP contribution is -2.13. The van der Waals surface area contributed by atoms with E-state index in [-0.39, 0.29) is 34.7 Å². The largest absolute Gasteiger partial charge is 0.484 e. The molecular weight excluding hydrogens is 399 g/mol. The van der Waals surface area contributed by atoms with Crippen molar-refractivity contribution in [3.8, 4) is 5.75 Å². The third kappa shape index (κ3) is 4.63. The molecule has 2 aromatic carbocycles. The summed E-state index contributed by atoms with van der Waals surface area (Å²) in [5.41, 5.74) is 2.94. The van der Waals surface area contributed by atoms with Crippen LogP contribution in [0.15, 0.2) is 48.5 Å². The summed E-state index contributed by atoms with van der Waals surface area (Å²) in [6.07, 6.45) is 0. The van der Waals surface area contributed by atoms with Crippen LogP contribution in [0.25, 0.3) is 0 Å². The van der Waals surface area contributed by atoms with Crippen molar-refractivity contribution < 1.29 is 18.8 Å². The van der Waals surface area contributed by atoms with Crippen LogP contribution in [0.1, 0.15) is 27.3 Å². The molecule has 0 fully saturated rings. The predicted octanol–water partition coefficient (Wildman–Crippen LogP) is 5.12. The standard InChI is InChI=1S/C21H18ClFN2O4/c1-13-9-18(14(2)24(13)11-15-3-5-16(23)6-4-15)20(26)12-29-21-8-7-17(25(27)28)10-19(21)22/h3-10H,11-12H2,1-2H3. The van der Waals surface area contributed by atoms with E-state index in [9.17, 15) is 19.3 Å². The Balaban J connectivity index is 1.73. The van der Waals surface area contributed by atoms with Crippen molar-refractivity contribution in [1.82, 2.24) is 4.57 Å². The number of nitrogens with zero attached hydrogens (tertiary/aromatic N) is 2. The van der Waals surface area contributed by atoms with Gasteiger partial charge in [-0.2, -0.15) is 0 Å². The highest BCUT2D eigenvalue weighted by Crippen LogP contribution is 2.29. The number of nitro groups is 1. The molecule has 1 heterocycles. The second kappa shape index (κ2) is 8.45. The Morgan fingerprint density at radius 1 is 1.17 bits per heavy atom. The third-order valence-corrected chi connectivity index (χ3v) is 4.91. The van der Waals surface area contributed by atoms with Gasteiger partial charge in [-0.15, -0.1) is 0 Å². The van der Waals surface area contributed by atoms with Crippen molar-refractivity contribution in [2.24, 2.45) is 0 Å². The number of nitro benzene ring substituents is 1. The second-order valence-electron chi connectivity index (χ2n) is 6.58. The molecule has 150 valence electrons. The number of Topliss-reactive ketones (excluding diaryl/α,β-unsaturated/α-hetero) is 1. The van der Waals surface area contributed by atoms with Gasteiger partial charge in [-0.3, -0.25) is 14.9 Å². The maximum atomic E-state index is 13.1. The highest BCUT2D eigenvalue weighted by atomic mass is 35.5. The number of ether oxygens (including phenoxy) is 1. The highest BCUT2D eigenvalue weighted by molar-refractivity contribution is 6.32. The van der Waals surface area contributed by atoms with Gasteiger partial charge in [-0.1, -0.05) is 23.7 Å². The Morgan fingerprint density at radius 3 is 2.48 bits per heavy atom. The summed E-state index contributed by atoms with van der Waals surface area (Å²) in [6.45, 7) is 3.99. The highest BCUT2D eigenvalue weighted by Gasteiger charge is 2.18. The van der Waals surface area contributed by atoms with E-state index in [2.05, 4.69) is 0 Å². The Labute approximate surface area is 171 Å². The molecule has 0 atom stereocenters. The first-order valence-corrected chi connectivity index (χ1v) is 9.15. The van der Waals surface area contributed by atoms with Crippen LogP contribution in [0.3, 0.4) is 0 Å². The van der Waals surface area contributed by atoms with Gasteiger partial charge in [-0.05, 0) is 43.7 Å². The number of hydrogen-bond donors (Lipinski definition) is 0. The average molecular weight is 417 g/mol. The van der Waals surface area contributed by atoms with E-state index < -0.39 is 4.92 Å². The van der Waals surface area contributed by atoms with Gasteiger partial charge >= 0.3 is 0 Å². The number of benzene rings is 2. The fraction of sp³-hybridized carbons (Fsp3) is 0.190. The van der Waals surface area contributed by atoms with Crippen LogP contribution in [-0.4, -0.2) is 21.9 Å². The molecule has 0 amide bonds. The molecule has 0 aliphatic rings. The lowest BCUT2D eigenvalue weighted by atomic mass is 10.1. The minimum absolute atomic E-state index is 0.0637. The van der Waals surface area contributed by atoms with Gasteiger partial charge in [-0.25, -0.2) is 4.39 Å².